The van der Waals surface area contributed by atoms with Gasteiger partial charge in [-0.25, -0.2) is 14.6 Å². The van der Waals surface area contributed by atoms with E-state index in [1.54, 1.807) is 24.3 Å². The molecule has 0 aromatic heterocycles. The normalized spacial score (nSPS) is 10.3. The zero-order valence-corrected chi connectivity index (χ0v) is 11.2. The third kappa shape index (κ3) is 3.55. The van der Waals surface area contributed by atoms with Crippen LogP contribution in [-0.2, 0) is 5.75 Å². The Hall–Kier alpha value is -1.92. The van der Waals surface area contributed by atoms with E-state index >= 15 is 0 Å². The first kappa shape index (κ1) is 14.5. The van der Waals surface area contributed by atoms with Gasteiger partial charge in [-0.2, -0.15) is 0 Å². The molecule has 3 nitrogen and oxygen atoms in total. The summed E-state index contributed by atoms with van der Waals surface area (Å²) in [6.45, 7) is 0. The molecule has 0 saturated carbocycles. The van der Waals surface area contributed by atoms with Crippen molar-refractivity contribution in [1.29, 1.82) is 0 Å². The predicted octanol–water partition coefficient (Wildman–Crippen LogP) is 2.86. The summed E-state index contributed by atoms with van der Waals surface area (Å²) < 4.78 is 26.5. The van der Waals surface area contributed by atoms with Crippen molar-refractivity contribution in [3.8, 4) is 0 Å². The van der Waals surface area contributed by atoms with Gasteiger partial charge >= 0.3 is 0 Å². The number of carbonyl (C=O) groups is 1. The van der Waals surface area contributed by atoms with E-state index in [1.807, 2.05) is 5.43 Å². The van der Waals surface area contributed by atoms with Crippen LogP contribution < -0.4 is 11.3 Å². The fraction of sp³-hybridized carbons (Fsp3) is 0.0714. The highest BCUT2D eigenvalue weighted by atomic mass is 32.2. The van der Waals surface area contributed by atoms with Gasteiger partial charge in [0.25, 0.3) is 5.91 Å². The first-order valence-corrected chi connectivity index (χ1v) is 6.76. The largest absolute Gasteiger partial charge is 0.290 e. The first-order chi connectivity index (χ1) is 9.60. The highest BCUT2D eigenvalue weighted by molar-refractivity contribution is 7.98. The zero-order valence-electron chi connectivity index (χ0n) is 10.4. The van der Waals surface area contributed by atoms with E-state index in [9.17, 15) is 13.6 Å². The Morgan fingerprint density at radius 3 is 2.75 bits per heavy atom. The topological polar surface area (TPSA) is 55.1 Å². The van der Waals surface area contributed by atoms with Crippen LogP contribution in [0.3, 0.4) is 0 Å². The monoisotopic (exact) mass is 294 g/mol. The van der Waals surface area contributed by atoms with Gasteiger partial charge in [0.1, 0.15) is 11.6 Å². The molecule has 0 aliphatic heterocycles. The molecule has 2 rings (SSSR count). The second-order valence-electron chi connectivity index (χ2n) is 4.04. The number of hydrogen-bond acceptors (Lipinski definition) is 3. The summed E-state index contributed by atoms with van der Waals surface area (Å²) in [5.74, 6) is 4.14. The molecule has 20 heavy (non-hydrogen) atoms. The lowest BCUT2D eigenvalue weighted by atomic mass is 10.1. The van der Waals surface area contributed by atoms with Gasteiger partial charge in [-0.3, -0.25) is 10.2 Å². The van der Waals surface area contributed by atoms with E-state index in [2.05, 4.69) is 0 Å². The number of nitrogens with one attached hydrogen (secondary N) is 1. The van der Waals surface area contributed by atoms with Gasteiger partial charge in [-0.15, -0.1) is 11.8 Å². The second-order valence-corrected chi connectivity index (χ2v) is 5.05. The zero-order chi connectivity index (χ0) is 14.5. The minimum absolute atomic E-state index is 0.235. The van der Waals surface area contributed by atoms with Crippen LogP contribution in [0.1, 0.15) is 15.9 Å². The number of nitrogens with two attached hydrogens (primary N) is 1. The minimum atomic E-state index is -0.481. The molecular weight excluding hydrogens is 282 g/mol. The molecule has 0 bridgehead atoms. The molecule has 1 amide bonds. The van der Waals surface area contributed by atoms with E-state index in [0.717, 1.165) is 35.5 Å². The maximum atomic E-state index is 13.5. The Labute approximate surface area is 119 Å². The first-order valence-electron chi connectivity index (χ1n) is 5.78. The third-order valence-electron chi connectivity index (χ3n) is 2.61. The van der Waals surface area contributed by atoms with Crippen molar-refractivity contribution in [1.82, 2.24) is 5.43 Å². The Balaban J connectivity index is 2.11. The van der Waals surface area contributed by atoms with Crippen molar-refractivity contribution in [3.05, 3.63) is 65.2 Å². The molecule has 3 N–H and O–H groups in total. The average Bonchev–Trinajstić information content (AvgIpc) is 2.47. The second kappa shape index (κ2) is 6.49. The Morgan fingerprint density at radius 1 is 1.20 bits per heavy atom. The molecule has 0 aliphatic carbocycles. The quantitative estimate of drug-likeness (QED) is 0.394. The van der Waals surface area contributed by atoms with Crippen LogP contribution in [0, 0.1) is 11.6 Å². The molecule has 2 aromatic rings. The highest BCUT2D eigenvalue weighted by Gasteiger charge is 2.07. The van der Waals surface area contributed by atoms with Gasteiger partial charge in [0, 0.05) is 16.2 Å². The molecule has 6 heteroatoms. The van der Waals surface area contributed by atoms with E-state index in [0.29, 0.717) is 11.3 Å². The van der Waals surface area contributed by atoms with Crippen LogP contribution in [0.2, 0.25) is 0 Å². The number of nitrogen functional groups attached to an aromatic ring is 1. The smallest absolute Gasteiger partial charge is 0.265 e. The highest BCUT2D eigenvalue weighted by Crippen LogP contribution is 2.26. The minimum Gasteiger partial charge on any atom is -0.290 e. The number of benzene rings is 2. The molecule has 0 unspecified atom stereocenters. The SMILES string of the molecule is NNC(=O)c1cccc(CSc2cc(F)ccc2F)c1. The van der Waals surface area contributed by atoms with E-state index in [-0.39, 0.29) is 4.90 Å². The number of carbonyl (C=O) groups excluding carboxylic acids is 1. The van der Waals surface area contributed by atoms with Gasteiger partial charge in [0.15, 0.2) is 0 Å². The summed E-state index contributed by atoms with van der Waals surface area (Å²) in [7, 11) is 0. The molecule has 0 radical (unpaired) electrons. The van der Waals surface area contributed by atoms with Gasteiger partial charge in [-0.05, 0) is 35.9 Å². The number of thioether (sulfide) groups is 1. The van der Waals surface area contributed by atoms with Crippen LogP contribution in [0.15, 0.2) is 47.4 Å². The number of halogens is 2. The van der Waals surface area contributed by atoms with Crippen molar-refractivity contribution in [2.45, 2.75) is 10.6 Å². The van der Waals surface area contributed by atoms with E-state index in [4.69, 9.17) is 5.84 Å². The summed E-state index contributed by atoms with van der Waals surface area (Å²) in [6, 6.07) is 10.1. The van der Waals surface area contributed by atoms with Gasteiger partial charge in [0.05, 0.1) is 0 Å². The van der Waals surface area contributed by atoms with Crippen molar-refractivity contribution < 1.29 is 13.6 Å². The predicted molar refractivity (Wildman–Crippen MR) is 74.0 cm³/mol. The molecular formula is C14H12F2N2OS. The molecule has 0 fully saturated rings. The average molecular weight is 294 g/mol. The van der Waals surface area contributed by atoms with Gasteiger partial charge < -0.3 is 0 Å². The number of hydrazine groups is 1. The molecule has 2 aromatic carbocycles. The third-order valence-corrected chi connectivity index (χ3v) is 3.71. The number of rotatable bonds is 4. The van der Waals surface area contributed by atoms with Crippen LogP contribution >= 0.6 is 11.8 Å². The molecule has 0 spiro atoms. The maximum Gasteiger partial charge on any atom is 0.265 e. The van der Waals surface area contributed by atoms with Crippen LogP contribution in [0.25, 0.3) is 0 Å². The Morgan fingerprint density at radius 2 is 2.00 bits per heavy atom. The maximum absolute atomic E-state index is 13.5. The molecule has 0 aliphatic rings. The van der Waals surface area contributed by atoms with Crippen LogP contribution in [-0.4, -0.2) is 5.91 Å². The number of hydrogen-bond donors (Lipinski definition) is 2. The fourth-order valence-corrected chi connectivity index (χ4v) is 2.54. The van der Waals surface area contributed by atoms with E-state index < -0.39 is 17.5 Å². The lowest BCUT2D eigenvalue weighted by Gasteiger charge is -2.05. The standard InChI is InChI=1S/C14H12F2N2OS/c15-11-4-5-12(16)13(7-11)20-8-9-2-1-3-10(6-9)14(19)18-17/h1-7H,8,17H2,(H,18,19). The Kier molecular flexibility index (Phi) is 4.70. The van der Waals surface area contributed by atoms with Crippen LogP contribution in [0.4, 0.5) is 8.78 Å². The molecule has 0 atom stereocenters. The van der Waals surface area contributed by atoms with Crippen molar-refractivity contribution >= 4 is 17.7 Å². The van der Waals surface area contributed by atoms with Crippen molar-refractivity contribution in [3.63, 3.8) is 0 Å². The summed E-state index contributed by atoms with van der Waals surface area (Å²) in [4.78, 5) is 11.6. The molecule has 0 saturated heterocycles. The summed E-state index contributed by atoms with van der Waals surface area (Å²) >= 11 is 1.16. The lowest BCUT2D eigenvalue weighted by molar-refractivity contribution is 0.0953. The van der Waals surface area contributed by atoms with Gasteiger partial charge in [-0.1, -0.05) is 12.1 Å². The summed E-state index contributed by atoms with van der Waals surface area (Å²) in [6.07, 6.45) is 0. The summed E-state index contributed by atoms with van der Waals surface area (Å²) in [5.41, 5.74) is 3.28. The lowest BCUT2D eigenvalue weighted by Crippen LogP contribution is -2.29. The number of amides is 1. The molecule has 0 heterocycles. The molecule has 104 valence electrons. The summed E-state index contributed by atoms with van der Waals surface area (Å²) in [5, 5.41) is 0. The Bertz CT molecular complexity index is 634. The van der Waals surface area contributed by atoms with Crippen molar-refractivity contribution in [2.75, 3.05) is 0 Å². The fourth-order valence-electron chi connectivity index (χ4n) is 1.63. The van der Waals surface area contributed by atoms with Crippen molar-refractivity contribution in [2.24, 2.45) is 5.84 Å². The van der Waals surface area contributed by atoms with Gasteiger partial charge in [0.2, 0.25) is 0 Å². The van der Waals surface area contributed by atoms with E-state index in [1.165, 1.54) is 0 Å². The van der Waals surface area contributed by atoms with Crippen LogP contribution in [0.5, 0.6) is 0 Å².